The number of non-ortho nitro benzene ring substituents is 1. The molecule has 1 aromatic heterocycles. The van der Waals surface area contributed by atoms with Gasteiger partial charge in [-0.05, 0) is 18.1 Å². The third-order valence-corrected chi connectivity index (χ3v) is 3.88. The Kier molecular flexibility index (Phi) is 4.29. The van der Waals surface area contributed by atoms with Crippen molar-refractivity contribution >= 4 is 22.4 Å². The van der Waals surface area contributed by atoms with Crippen molar-refractivity contribution < 1.29 is 14.5 Å². The molecule has 1 heterocycles. The Morgan fingerprint density at radius 1 is 1.25 bits per heavy atom. The summed E-state index contributed by atoms with van der Waals surface area (Å²) < 4.78 is 5.42. The predicted molar refractivity (Wildman–Crippen MR) is 90.6 cm³/mol. The second kappa shape index (κ2) is 6.54. The molecule has 0 aliphatic rings. The molecule has 3 aromatic rings. The Labute approximate surface area is 138 Å². The van der Waals surface area contributed by atoms with Crippen LogP contribution in [0.15, 0.2) is 48.7 Å². The Bertz CT molecular complexity index is 914. The van der Waals surface area contributed by atoms with Gasteiger partial charge in [-0.15, -0.1) is 0 Å². The molecule has 0 amide bonds. The molecule has 6 nitrogen and oxygen atoms in total. The third-order valence-electron chi connectivity index (χ3n) is 3.88. The van der Waals surface area contributed by atoms with Crippen LogP contribution < -0.4 is 4.74 Å². The molecule has 6 heteroatoms. The number of para-hydroxylation sites is 1. The molecule has 0 spiro atoms. The summed E-state index contributed by atoms with van der Waals surface area (Å²) in [6.45, 7) is 1.88. The van der Waals surface area contributed by atoms with Crippen LogP contribution in [-0.4, -0.2) is 22.3 Å². The molecule has 3 rings (SSSR count). The van der Waals surface area contributed by atoms with Gasteiger partial charge in [0.25, 0.3) is 5.69 Å². The predicted octanol–water partition coefficient (Wildman–Crippen LogP) is 3.90. The molecular weight excluding hydrogens is 308 g/mol. The molecule has 1 N–H and O–H groups in total. The van der Waals surface area contributed by atoms with Crippen LogP contribution >= 0.6 is 0 Å². The van der Waals surface area contributed by atoms with Crippen LogP contribution in [0.5, 0.6) is 5.75 Å². The number of benzene rings is 2. The van der Waals surface area contributed by atoms with E-state index in [-0.39, 0.29) is 18.1 Å². The highest BCUT2D eigenvalue weighted by molar-refractivity contribution is 6.09. The van der Waals surface area contributed by atoms with Crippen molar-refractivity contribution in [3.05, 3.63) is 69.9 Å². The van der Waals surface area contributed by atoms with E-state index in [4.69, 9.17) is 4.74 Å². The summed E-state index contributed by atoms with van der Waals surface area (Å²) in [4.78, 5) is 25.8. The van der Waals surface area contributed by atoms with E-state index >= 15 is 0 Å². The topological polar surface area (TPSA) is 85.2 Å². The molecule has 2 aromatic carbocycles. The van der Waals surface area contributed by atoms with E-state index in [1.54, 1.807) is 12.3 Å². The zero-order chi connectivity index (χ0) is 17.1. The monoisotopic (exact) mass is 324 g/mol. The minimum absolute atomic E-state index is 0.0698. The second-order valence-electron chi connectivity index (χ2n) is 5.36. The van der Waals surface area contributed by atoms with E-state index in [9.17, 15) is 14.9 Å². The fraction of sp³-hybridized carbons (Fsp3) is 0.167. The fourth-order valence-corrected chi connectivity index (χ4v) is 2.66. The van der Waals surface area contributed by atoms with Crippen LogP contribution in [-0.2, 0) is 6.42 Å². The van der Waals surface area contributed by atoms with Crippen molar-refractivity contribution in [3.63, 3.8) is 0 Å². The largest absolute Gasteiger partial charge is 0.485 e. The minimum atomic E-state index is -0.499. The normalized spacial score (nSPS) is 10.7. The Morgan fingerprint density at radius 3 is 2.79 bits per heavy atom. The smallest absolute Gasteiger partial charge is 0.273 e. The van der Waals surface area contributed by atoms with Crippen molar-refractivity contribution in [3.8, 4) is 5.75 Å². The molecule has 0 atom stereocenters. The molecule has 0 saturated heterocycles. The van der Waals surface area contributed by atoms with Crippen molar-refractivity contribution in [1.29, 1.82) is 0 Å². The lowest BCUT2D eigenvalue weighted by Gasteiger charge is -2.05. The van der Waals surface area contributed by atoms with Gasteiger partial charge >= 0.3 is 0 Å². The van der Waals surface area contributed by atoms with Gasteiger partial charge in [-0.1, -0.05) is 31.2 Å². The zero-order valence-electron chi connectivity index (χ0n) is 13.1. The van der Waals surface area contributed by atoms with E-state index in [1.807, 2.05) is 18.2 Å². The van der Waals surface area contributed by atoms with E-state index in [2.05, 4.69) is 11.9 Å². The number of aromatic amines is 1. The maximum absolute atomic E-state index is 12.4. The van der Waals surface area contributed by atoms with Gasteiger partial charge in [0.15, 0.2) is 6.61 Å². The molecule has 0 aliphatic heterocycles. The molecule has 122 valence electrons. The highest BCUT2D eigenvalue weighted by Crippen LogP contribution is 2.23. The lowest BCUT2D eigenvalue weighted by atomic mass is 10.1. The number of nitrogens with one attached hydrogen (secondary N) is 1. The molecule has 0 radical (unpaired) electrons. The summed E-state index contributed by atoms with van der Waals surface area (Å²) in [5.41, 5.74) is 2.59. The number of nitro benzene ring substituents is 1. The highest BCUT2D eigenvalue weighted by Gasteiger charge is 2.15. The number of carbonyl (C=O) groups excluding carboxylic acids is 1. The Balaban J connectivity index is 1.78. The standard InChI is InChI=1S/C18H16N2O4/c1-2-12-5-3-8-15-16(10-19-18(12)15)17(21)11-24-14-7-4-6-13(9-14)20(22)23/h3-10,19H,2,11H2,1H3. The molecule has 0 bridgehead atoms. The number of aryl methyl sites for hydroxylation is 1. The number of nitro groups is 1. The number of ketones is 1. The first-order valence-electron chi connectivity index (χ1n) is 7.59. The van der Waals surface area contributed by atoms with Gasteiger partial charge < -0.3 is 9.72 Å². The second-order valence-corrected chi connectivity index (χ2v) is 5.36. The summed E-state index contributed by atoms with van der Waals surface area (Å²) in [5, 5.41) is 11.6. The van der Waals surface area contributed by atoms with Crippen LogP contribution in [0.4, 0.5) is 5.69 Å². The quantitative estimate of drug-likeness (QED) is 0.423. The number of aromatic nitrogens is 1. The average Bonchev–Trinajstić information content (AvgIpc) is 3.04. The number of Topliss-reactive ketones (excluding diaryl/α,β-unsaturated/α-hetero) is 1. The zero-order valence-corrected chi connectivity index (χ0v) is 13.1. The van der Waals surface area contributed by atoms with Crippen molar-refractivity contribution in [1.82, 2.24) is 4.98 Å². The number of rotatable bonds is 6. The summed E-state index contributed by atoms with van der Waals surface area (Å²) in [5.74, 6) is 0.118. The van der Waals surface area contributed by atoms with E-state index in [0.717, 1.165) is 22.9 Å². The van der Waals surface area contributed by atoms with Crippen LogP contribution in [0.3, 0.4) is 0 Å². The van der Waals surface area contributed by atoms with Crippen molar-refractivity contribution in [2.45, 2.75) is 13.3 Å². The van der Waals surface area contributed by atoms with E-state index in [0.29, 0.717) is 11.3 Å². The molecule has 0 saturated carbocycles. The first-order valence-corrected chi connectivity index (χ1v) is 7.59. The first-order chi connectivity index (χ1) is 11.6. The molecular formula is C18H16N2O4. The summed E-state index contributed by atoms with van der Waals surface area (Å²) in [6, 6.07) is 11.6. The van der Waals surface area contributed by atoms with Crippen molar-refractivity contribution in [2.24, 2.45) is 0 Å². The maximum atomic E-state index is 12.4. The van der Waals surface area contributed by atoms with E-state index < -0.39 is 4.92 Å². The molecule has 0 unspecified atom stereocenters. The number of nitrogens with zero attached hydrogens (tertiary/aromatic N) is 1. The molecule has 0 aliphatic carbocycles. The SMILES string of the molecule is CCc1cccc2c(C(=O)COc3cccc([N+](=O)[O-])c3)c[nH]c12. The first kappa shape index (κ1) is 15.7. The molecule has 24 heavy (non-hydrogen) atoms. The number of fused-ring (bicyclic) bond motifs is 1. The Hall–Kier alpha value is -3.15. The highest BCUT2D eigenvalue weighted by atomic mass is 16.6. The van der Waals surface area contributed by atoms with Crippen LogP contribution in [0, 0.1) is 10.1 Å². The summed E-state index contributed by atoms with van der Waals surface area (Å²) in [7, 11) is 0. The summed E-state index contributed by atoms with van der Waals surface area (Å²) >= 11 is 0. The van der Waals surface area contributed by atoms with Gasteiger partial charge in [0, 0.05) is 28.7 Å². The van der Waals surface area contributed by atoms with Crippen LogP contribution in [0.2, 0.25) is 0 Å². The van der Waals surface area contributed by atoms with Gasteiger partial charge in [-0.25, -0.2) is 0 Å². The lowest BCUT2D eigenvalue weighted by Crippen LogP contribution is -2.11. The number of carbonyl (C=O) groups is 1. The van der Waals surface area contributed by atoms with Gasteiger partial charge in [0.2, 0.25) is 5.78 Å². The van der Waals surface area contributed by atoms with E-state index in [1.165, 1.54) is 18.2 Å². The number of H-pyrrole nitrogens is 1. The van der Waals surface area contributed by atoms with Gasteiger partial charge in [-0.2, -0.15) is 0 Å². The Morgan fingerprint density at radius 2 is 2.04 bits per heavy atom. The molecule has 0 fully saturated rings. The fourth-order valence-electron chi connectivity index (χ4n) is 2.66. The maximum Gasteiger partial charge on any atom is 0.273 e. The lowest BCUT2D eigenvalue weighted by molar-refractivity contribution is -0.384. The third kappa shape index (κ3) is 2.99. The number of hydrogen-bond donors (Lipinski definition) is 1. The van der Waals surface area contributed by atoms with Gasteiger partial charge in [0.1, 0.15) is 5.75 Å². The van der Waals surface area contributed by atoms with Crippen LogP contribution in [0.25, 0.3) is 10.9 Å². The number of hydrogen-bond acceptors (Lipinski definition) is 4. The minimum Gasteiger partial charge on any atom is -0.485 e. The average molecular weight is 324 g/mol. The van der Waals surface area contributed by atoms with Gasteiger partial charge in [-0.3, -0.25) is 14.9 Å². The van der Waals surface area contributed by atoms with Gasteiger partial charge in [0.05, 0.1) is 11.0 Å². The van der Waals surface area contributed by atoms with Crippen LogP contribution in [0.1, 0.15) is 22.8 Å². The summed E-state index contributed by atoms with van der Waals surface area (Å²) in [6.07, 6.45) is 2.55. The number of ether oxygens (including phenoxy) is 1. The van der Waals surface area contributed by atoms with Crippen molar-refractivity contribution in [2.75, 3.05) is 6.61 Å².